The molecule has 0 aliphatic heterocycles. The second-order valence-electron chi connectivity index (χ2n) is 4.84. The van der Waals surface area contributed by atoms with E-state index in [0.717, 1.165) is 22.8 Å². The normalized spacial score (nSPS) is 12.3. The molecule has 1 aromatic carbocycles. The predicted octanol–water partition coefficient (Wildman–Crippen LogP) is 4.24. The summed E-state index contributed by atoms with van der Waals surface area (Å²) in [6.07, 6.45) is 2.36. The largest absolute Gasteiger partial charge is 0.461 e. The average Bonchev–Trinajstić information content (AvgIpc) is 2.97. The van der Waals surface area contributed by atoms with Crippen LogP contribution in [0.4, 0.5) is 0 Å². The van der Waals surface area contributed by atoms with Crippen molar-refractivity contribution in [2.75, 3.05) is 0 Å². The maximum Gasteiger partial charge on any atom is 0.134 e. The predicted molar refractivity (Wildman–Crippen MR) is 84.0 cm³/mol. The molecule has 4 heteroatoms. The van der Waals surface area contributed by atoms with E-state index in [1.54, 1.807) is 6.20 Å². The first-order valence-electron chi connectivity index (χ1n) is 6.73. The molecule has 2 N–H and O–H groups in total. The molecule has 0 aliphatic carbocycles. The zero-order chi connectivity index (χ0) is 14.7. The zero-order valence-corrected chi connectivity index (χ0v) is 12.1. The van der Waals surface area contributed by atoms with E-state index < -0.39 is 0 Å². The Balaban J connectivity index is 1.75. The van der Waals surface area contributed by atoms with Crippen molar-refractivity contribution in [3.05, 3.63) is 77.3 Å². The van der Waals surface area contributed by atoms with Gasteiger partial charge in [-0.15, -0.1) is 0 Å². The van der Waals surface area contributed by atoms with Gasteiger partial charge in [0.15, 0.2) is 0 Å². The van der Waals surface area contributed by atoms with Crippen LogP contribution in [0.15, 0.2) is 65.2 Å². The van der Waals surface area contributed by atoms with Gasteiger partial charge >= 0.3 is 0 Å². The fourth-order valence-electron chi connectivity index (χ4n) is 2.17. The van der Waals surface area contributed by atoms with Crippen molar-refractivity contribution in [2.45, 2.75) is 12.5 Å². The van der Waals surface area contributed by atoms with Crippen molar-refractivity contribution in [1.29, 1.82) is 0 Å². The van der Waals surface area contributed by atoms with Crippen LogP contribution < -0.4 is 5.73 Å². The smallest absolute Gasteiger partial charge is 0.134 e. The molecular formula is C17H15ClN2O. The Morgan fingerprint density at radius 2 is 1.86 bits per heavy atom. The summed E-state index contributed by atoms with van der Waals surface area (Å²) in [5.41, 5.74) is 8.02. The number of benzene rings is 1. The van der Waals surface area contributed by atoms with Crippen molar-refractivity contribution < 1.29 is 4.42 Å². The fraction of sp³-hybridized carbons (Fsp3) is 0.118. The molecule has 0 saturated heterocycles. The molecule has 1 unspecified atom stereocenters. The van der Waals surface area contributed by atoms with Crippen molar-refractivity contribution in [3.8, 4) is 11.3 Å². The third kappa shape index (κ3) is 3.32. The van der Waals surface area contributed by atoms with Gasteiger partial charge in [-0.3, -0.25) is 4.98 Å². The van der Waals surface area contributed by atoms with Gasteiger partial charge in [-0.05, 0) is 48.5 Å². The number of furan rings is 1. The van der Waals surface area contributed by atoms with E-state index in [1.807, 2.05) is 54.6 Å². The van der Waals surface area contributed by atoms with Crippen LogP contribution in [0.1, 0.15) is 17.5 Å². The maximum atomic E-state index is 6.15. The van der Waals surface area contributed by atoms with Crippen LogP contribution in [0.2, 0.25) is 5.02 Å². The molecule has 0 amide bonds. The van der Waals surface area contributed by atoms with E-state index in [-0.39, 0.29) is 6.04 Å². The van der Waals surface area contributed by atoms with Gasteiger partial charge in [0.05, 0.1) is 11.7 Å². The number of pyridine rings is 1. The summed E-state index contributed by atoms with van der Waals surface area (Å²) < 4.78 is 5.85. The van der Waals surface area contributed by atoms with Gasteiger partial charge < -0.3 is 10.2 Å². The Kier molecular flexibility index (Phi) is 4.04. The molecule has 2 aromatic heterocycles. The second kappa shape index (κ2) is 6.12. The van der Waals surface area contributed by atoms with Gasteiger partial charge in [0.1, 0.15) is 11.5 Å². The minimum Gasteiger partial charge on any atom is -0.461 e. The summed E-state index contributed by atoms with van der Waals surface area (Å²) in [6.45, 7) is 0. The zero-order valence-electron chi connectivity index (χ0n) is 11.4. The van der Waals surface area contributed by atoms with Gasteiger partial charge in [-0.2, -0.15) is 0 Å². The molecule has 0 spiro atoms. The van der Waals surface area contributed by atoms with Crippen LogP contribution >= 0.6 is 11.6 Å². The number of aromatic nitrogens is 1. The monoisotopic (exact) mass is 298 g/mol. The molecule has 3 rings (SSSR count). The lowest BCUT2D eigenvalue weighted by molar-refractivity contribution is 0.496. The summed E-state index contributed by atoms with van der Waals surface area (Å²) in [7, 11) is 0. The molecule has 0 aliphatic rings. The van der Waals surface area contributed by atoms with Gasteiger partial charge in [0.2, 0.25) is 0 Å². The molecule has 21 heavy (non-hydrogen) atoms. The highest BCUT2D eigenvalue weighted by Gasteiger charge is 2.11. The number of halogens is 1. The molecule has 3 nitrogen and oxygen atoms in total. The van der Waals surface area contributed by atoms with Gasteiger partial charge in [-0.25, -0.2) is 0 Å². The third-order valence-electron chi connectivity index (χ3n) is 3.28. The van der Waals surface area contributed by atoms with E-state index in [9.17, 15) is 0 Å². The van der Waals surface area contributed by atoms with E-state index in [2.05, 4.69) is 4.98 Å². The van der Waals surface area contributed by atoms with Gasteiger partial charge in [-0.1, -0.05) is 17.7 Å². The number of rotatable bonds is 4. The summed E-state index contributed by atoms with van der Waals surface area (Å²) in [4.78, 5) is 4.27. The standard InChI is InChI=1S/C17H15ClN2O/c18-13-6-4-12(5-7-13)17-9-8-14(21-17)11-15(19)16-3-1-2-10-20-16/h1-10,15H,11,19H2. The highest BCUT2D eigenvalue weighted by Crippen LogP contribution is 2.25. The number of nitrogens with zero attached hydrogens (tertiary/aromatic N) is 1. The lowest BCUT2D eigenvalue weighted by Crippen LogP contribution is -2.14. The van der Waals surface area contributed by atoms with Crippen LogP contribution in [0.25, 0.3) is 11.3 Å². The molecular weight excluding hydrogens is 284 g/mol. The van der Waals surface area contributed by atoms with Crippen LogP contribution in [0, 0.1) is 0 Å². The number of hydrogen-bond donors (Lipinski definition) is 1. The minimum atomic E-state index is -0.171. The Labute approximate surface area is 128 Å². The first-order valence-corrected chi connectivity index (χ1v) is 7.11. The topological polar surface area (TPSA) is 52.0 Å². The molecule has 0 radical (unpaired) electrons. The van der Waals surface area contributed by atoms with E-state index in [1.165, 1.54) is 0 Å². The lowest BCUT2D eigenvalue weighted by Gasteiger charge is -2.08. The van der Waals surface area contributed by atoms with E-state index >= 15 is 0 Å². The maximum absolute atomic E-state index is 6.15. The molecule has 0 saturated carbocycles. The minimum absolute atomic E-state index is 0.171. The van der Waals surface area contributed by atoms with Crippen molar-refractivity contribution >= 4 is 11.6 Å². The fourth-order valence-corrected chi connectivity index (χ4v) is 2.30. The molecule has 1 atom stereocenters. The first-order chi connectivity index (χ1) is 10.2. The van der Waals surface area contributed by atoms with Gasteiger partial charge in [0.25, 0.3) is 0 Å². The third-order valence-corrected chi connectivity index (χ3v) is 3.53. The number of hydrogen-bond acceptors (Lipinski definition) is 3. The summed E-state index contributed by atoms with van der Waals surface area (Å²) in [5, 5.41) is 0.711. The van der Waals surface area contributed by atoms with E-state index in [0.29, 0.717) is 11.4 Å². The second-order valence-corrected chi connectivity index (χ2v) is 5.27. The average molecular weight is 299 g/mol. The SMILES string of the molecule is NC(Cc1ccc(-c2ccc(Cl)cc2)o1)c1ccccn1. The Morgan fingerprint density at radius 1 is 1.05 bits per heavy atom. The molecule has 2 heterocycles. The van der Waals surface area contributed by atoms with Gasteiger partial charge in [0, 0.05) is 23.2 Å². The Morgan fingerprint density at radius 3 is 2.57 bits per heavy atom. The summed E-state index contributed by atoms with van der Waals surface area (Å²) in [6, 6.07) is 17.0. The van der Waals surface area contributed by atoms with E-state index in [4.69, 9.17) is 21.8 Å². The highest BCUT2D eigenvalue weighted by atomic mass is 35.5. The van der Waals surface area contributed by atoms with Crippen molar-refractivity contribution in [3.63, 3.8) is 0 Å². The quantitative estimate of drug-likeness (QED) is 0.784. The first kappa shape index (κ1) is 13.9. The van der Waals surface area contributed by atoms with Crippen molar-refractivity contribution in [2.24, 2.45) is 5.73 Å². The lowest BCUT2D eigenvalue weighted by atomic mass is 10.1. The molecule has 3 aromatic rings. The summed E-state index contributed by atoms with van der Waals surface area (Å²) in [5.74, 6) is 1.66. The molecule has 106 valence electrons. The highest BCUT2D eigenvalue weighted by molar-refractivity contribution is 6.30. The molecule has 0 fully saturated rings. The van der Waals surface area contributed by atoms with Crippen molar-refractivity contribution in [1.82, 2.24) is 4.98 Å². The summed E-state index contributed by atoms with van der Waals surface area (Å²) >= 11 is 5.89. The van der Waals surface area contributed by atoms with Crippen LogP contribution in [-0.4, -0.2) is 4.98 Å². The van der Waals surface area contributed by atoms with Crippen LogP contribution in [0.3, 0.4) is 0 Å². The van der Waals surface area contributed by atoms with Crippen LogP contribution in [-0.2, 0) is 6.42 Å². The Bertz CT molecular complexity index is 707. The van der Waals surface area contributed by atoms with Crippen LogP contribution in [0.5, 0.6) is 0 Å². The Hall–Kier alpha value is -2.10. The number of nitrogens with two attached hydrogens (primary N) is 1. The molecule has 0 bridgehead atoms.